The lowest BCUT2D eigenvalue weighted by Crippen LogP contribution is -2.12. The standard InChI is InChI=1S/C9H11N5/c1-14-6-8(12-13-14)9(10)7-3-2-4-11-5-7/h2-6,9H,10H2,1H3. The van der Waals surface area contributed by atoms with Crippen LogP contribution in [0.15, 0.2) is 30.7 Å². The second-order valence-corrected chi connectivity index (χ2v) is 3.08. The lowest BCUT2D eigenvalue weighted by Gasteiger charge is -2.06. The Morgan fingerprint density at radius 1 is 1.50 bits per heavy atom. The highest BCUT2D eigenvalue weighted by Crippen LogP contribution is 2.14. The first kappa shape index (κ1) is 8.83. The number of aromatic nitrogens is 4. The molecule has 2 aromatic heterocycles. The van der Waals surface area contributed by atoms with Crippen LogP contribution in [0.1, 0.15) is 17.3 Å². The summed E-state index contributed by atoms with van der Waals surface area (Å²) in [7, 11) is 1.81. The van der Waals surface area contributed by atoms with Gasteiger partial charge in [-0.1, -0.05) is 11.3 Å². The van der Waals surface area contributed by atoms with Gasteiger partial charge in [-0.15, -0.1) is 5.10 Å². The molecule has 1 unspecified atom stereocenters. The van der Waals surface area contributed by atoms with Crippen LogP contribution >= 0.6 is 0 Å². The van der Waals surface area contributed by atoms with Crippen LogP contribution < -0.4 is 5.73 Å². The van der Waals surface area contributed by atoms with E-state index in [9.17, 15) is 0 Å². The highest BCUT2D eigenvalue weighted by atomic mass is 15.4. The Hall–Kier alpha value is -1.75. The molecule has 0 fully saturated rings. The van der Waals surface area contributed by atoms with Crippen LogP contribution in [-0.2, 0) is 7.05 Å². The van der Waals surface area contributed by atoms with Crippen LogP contribution in [0.3, 0.4) is 0 Å². The van der Waals surface area contributed by atoms with Crippen molar-refractivity contribution in [3.05, 3.63) is 42.0 Å². The van der Waals surface area contributed by atoms with E-state index in [4.69, 9.17) is 5.73 Å². The number of rotatable bonds is 2. The van der Waals surface area contributed by atoms with Crippen molar-refractivity contribution in [1.82, 2.24) is 20.0 Å². The van der Waals surface area contributed by atoms with E-state index in [0.717, 1.165) is 11.3 Å². The van der Waals surface area contributed by atoms with Crippen molar-refractivity contribution in [2.45, 2.75) is 6.04 Å². The number of pyridine rings is 1. The maximum Gasteiger partial charge on any atom is 0.104 e. The van der Waals surface area contributed by atoms with Crippen molar-refractivity contribution in [2.24, 2.45) is 12.8 Å². The second kappa shape index (κ2) is 3.55. The monoisotopic (exact) mass is 189 g/mol. The summed E-state index contributed by atoms with van der Waals surface area (Å²) in [5, 5.41) is 7.78. The van der Waals surface area contributed by atoms with Crippen molar-refractivity contribution < 1.29 is 0 Å². The van der Waals surface area contributed by atoms with Crippen molar-refractivity contribution in [3.8, 4) is 0 Å². The zero-order valence-corrected chi connectivity index (χ0v) is 7.83. The molecular formula is C9H11N5. The van der Waals surface area contributed by atoms with Crippen LogP contribution in [0.4, 0.5) is 0 Å². The Morgan fingerprint density at radius 2 is 2.36 bits per heavy atom. The molecule has 72 valence electrons. The van der Waals surface area contributed by atoms with Gasteiger partial charge in [-0.3, -0.25) is 9.67 Å². The third kappa shape index (κ3) is 1.62. The molecule has 0 aliphatic heterocycles. The summed E-state index contributed by atoms with van der Waals surface area (Å²) in [5.74, 6) is 0. The van der Waals surface area contributed by atoms with Gasteiger partial charge in [0.05, 0.1) is 12.2 Å². The molecule has 0 amide bonds. The predicted molar refractivity (Wildman–Crippen MR) is 51.3 cm³/mol. The fourth-order valence-corrected chi connectivity index (χ4v) is 1.24. The van der Waals surface area contributed by atoms with Gasteiger partial charge in [0, 0.05) is 19.4 Å². The fourth-order valence-electron chi connectivity index (χ4n) is 1.24. The third-order valence-electron chi connectivity index (χ3n) is 1.98. The molecular weight excluding hydrogens is 178 g/mol. The third-order valence-corrected chi connectivity index (χ3v) is 1.98. The zero-order valence-electron chi connectivity index (χ0n) is 7.83. The molecule has 0 aliphatic rings. The van der Waals surface area contributed by atoms with E-state index in [1.54, 1.807) is 23.3 Å². The largest absolute Gasteiger partial charge is 0.319 e. The minimum atomic E-state index is -0.252. The molecule has 2 rings (SSSR count). The lowest BCUT2D eigenvalue weighted by molar-refractivity contribution is 0.710. The summed E-state index contributed by atoms with van der Waals surface area (Å²) in [4.78, 5) is 4.00. The predicted octanol–water partition coefficient (Wildman–Crippen LogP) is 0.258. The maximum absolute atomic E-state index is 5.97. The van der Waals surface area contributed by atoms with E-state index in [-0.39, 0.29) is 6.04 Å². The van der Waals surface area contributed by atoms with Gasteiger partial charge in [-0.2, -0.15) is 0 Å². The fraction of sp³-hybridized carbons (Fsp3) is 0.222. The van der Waals surface area contributed by atoms with Gasteiger partial charge in [0.1, 0.15) is 5.69 Å². The lowest BCUT2D eigenvalue weighted by atomic mass is 10.1. The van der Waals surface area contributed by atoms with E-state index in [1.165, 1.54) is 0 Å². The van der Waals surface area contributed by atoms with Crippen LogP contribution in [0.5, 0.6) is 0 Å². The Morgan fingerprint density at radius 3 is 2.93 bits per heavy atom. The zero-order chi connectivity index (χ0) is 9.97. The Labute approximate surface area is 81.6 Å². The molecule has 5 heteroatoms. The summed E-state index contributed by atoms with van der Waals surface area (Å²) >= 11 is 0. The molecule has 0 saturated carbocycles. The average Bonchev–Trinajstić information content (AvgIpc) is 2.65. The van der Waals surface area contributed by atoms with Gasteiger partial charge in [-0.05, 0) is 11.6 Å². The molecule has 0 spiro atoms. The number of hydrogen-bond donors (Lipinski definition) is 1. The summed E-state index contributed by atoms with van der Waals surface area (Å²) in [6.07, 6.45) is 5.25. The van der Waals surface area contributed by atoms with Gasteiger partial charge in [0.25, 0.3) is 0 Å². The number of nitrogens with two attached hydrogens (primary N) is 1. The molecule has 5 nitrogen and oxygen atoms in total. The van der Waals surface area contributed by atoms with E-state index in [0.29, 0.717) is 0 Å². The number of hydrogen-bond acceptors (Lipinski definition) is 4. The van der Waals surface area contributed by atoms with Crippen molar-refractivity contribution >= 4 is 0 Å². The van der Waals surface area contributed by atoms with Gasteiger partial charge >= 0.3 is 0 Å². The highest BCUT2D eigenvalue weighted by molar-refractivity contribution is 5.22. The number of aryl methyl sites for hydroxylation is 1. The first-order chi connectivity index (χ1) is 6.77. The SMILES string of the molecule is Cn1cc(C(N)c2cccnc2)nn1. The minimum Gasteiger partial charge on any atom is -0.319 e. The van der Waals surface area contributed by atoms with Crippen LogP contribution in [0.2, 0.25) is 0 Å². The molecule has 0 saturated heterocycles. The van der Waals surface area contributed by atoms with Crippen molar-refractivity contribution in [3.63, 3.8) is 0 Å². The van der Waals surface area contributed by atoms with Crippen LogP contribution in [0, 0.1) is 0 Å². The first-order valence-electron chi connectivity index (χ1n) is 4.29. The molecule has 0 aliphatic carbocycles. The summed E-state index contributed by atoms with van der Waals surface area (Å²) < 4.78 is 1.63. The van der Waals surface area contributed by atoms with E-state index in [1.807, 2.05) is 19.2 Å². The molecule has 2 aromatic rings. The topological polar surface area (TPSA) is 69.6 Å². The maximum atomic E-state index is 5.97. The van der Waals surface area contributed by atoms with Gasteiger partial charge in [0.15, 0.2) is 0 Å². The van der Waals surface area contributed by atoms with Crippen molar-refractivity contribution in [1.29, 1.82) is 0 Å². The molecule has 0 aromatic carbocycles. The van der Waals surface area contributed by atoms with Gasteiger partial charge in [0.2, 0.25) is 0 Å². The summed E-state index contributed by atoms with van der Waals surface area (Å²) in [6.45, 7) is 0. The van der Waals surface area contributed by atoms with E-state index >= 15 is 0 Å². The molecule has 0 bridgehead atoms. The Bertz CT molecular complexity index is 408. The van der Waals surface area contributed by atoms with E-state index in [2.05, 4.69) is 15.3 Å². The molecule has 14 heavy (non-hydrogen) atoms. The van der Waals surface area contributed by atoms with Gasteiger partial charge in [-0.25, -0.2) is 0 Å². The average molecular weight is 189 g/mol. The van der Waals surface area contributed by atoms with E-state index < -0.39 is 0 Å². The minimum absolute atomic E-state index is 0.252. The second-order valence-electron chi connectivity index (χ2n) is 3.08. The quantitative estimate of drug-likeness (QED) is 0.735. The van der Waals surface area contributed by atoms with Crippen molar-refractivity contribution in [2.75, 3.05) is 0 Å². The molecule has 2 N–H and O–H groups in total. The first-order valence-corrected chi connectivity index (χ1v) is 4.29. The smallest absolute Gasteiger partial charge is 0.104 e. The van der Waals surface area contributed by atoms with Gasteiger partial charge < -0.3 is 5.73 Å². The number of nitrogens with zero attached hydrogens (tertiary/aromatic N) is 4. The molecule has 2 heterocycles. The highest BCUT2D eigenvalue weighted by Gasteiger charge is 2.11. The Balaban J connectivity index is 2.29. The Kier molecular flexibility index (Phi) is 2.24. The summed E-state index contributed by atoms with van der Waals surface area (Å²) in [5.41, 5.74) is 7.66. The molecule has 1 atom stereocenters. The molecule has 0 radical (unpaired) electrons. The normalized spacial score (nSPS) is 12.7. The van der Waals surface area contributed by atoms with Crippen LogP contribution in [-0.4, -0.2) is 20.0 Å². The summed E-state index contributed by atoms with van der Waals surface area (Å²) in [6, 6.07) is 3.52. The van der Waals surface area contributed by atoms with Crippen LogP contribution in [0.25, 0.3) is 0 Å².